The number of hydrogen-bond donors (Lipinski definition) is 2. The van der Waals surface area contributed by atoms with Crippen molar-refractivity contribution in [2.24, 2.45) is 0 Å². The summed E-state index contributed by atoms with van der Waals surface area (Å²) in [6.45, 7) is 3.61. The zero-order chi connectivity index (χ0) is 18.8. The first-order valence-corrected chi connectivity index (χ1v) is 10.8. The van der Waals surface area contributed by atoms with E-state index in [0.29, 0.717) is 18.7 Å². The van der Waals surface area contributed by atoms with E-state index in [1.807, 2.05) is 4.72 Å². The second-order valence-corrected chi connectivity index (χ2v) is 9.69. The van der Waals surface area contributed by atoms with Crippen LogP contribution >= 0.6 is 0 Å². The first-order chi connectivity index (χ1) is 11.6. The summed E-state index contributed by atoms with van der Waals surface area (Å²) in [5, 5.41) is 8.86. The Labute approximate surface area is 147 Å². The molecule has 1 aromatic rings. The molecular formula is C15H22N2O6S2. The highest BCUT2D eigenvalue weighted by atomic mass is 32.2. The van der Waals surface area contributed by atoms with E-state index in [-0.39, 0.29) is 9.79 Å². The van der Waals surface area contributed by atoms with Crippen molar-refractivity contribution in [1.29, 1.82) is 0 Å². The van der Waals surface area contributed by atoms with Gasteiger partial charge in [-0.25, -0.2) is 16.8 Å². The number of aryl methyl sites for hydroxylation is 1. The fourth-order valence-electron chi connectivity index (χ4n) is 2.62. The van der Waals surface area contributed by atoms with E-state index in [9.17, 15) is 21.6 Å². The highest BCUT2D eigenvalue weighted by Crippen LogP contribution is 2.25. The van der Waals surface area contributed by atoms with Crippen LogP contribution in [0, 0.1) is 6.92 Å². The van der Waals surface area contributed by atoms with Crippen LogP contribution in [0.25, 0.3) is 0 Å². The molecular weight excluding hydrogens is 368 g/mol. The zero-order valence-corrected chi connectivity index (χ0v) is 15.7. The third-order valence-electron chi connectivity index (χ3n) is 4.11. The first-order valence-electron chi connectivity index (χ1n) is 7.91. The van der Waals surface area contributed by atoms with E-state index in [1.165, 1.54) is 23.4 Å². The maximum Gasteiger partial charge on any atom is 0.321 e. The maximum absolute atomic E-state index is 12.8. The van der Waals surface area contributed by atoms with Crippen LogP contribution in [0.3, 0.4) is 0 Å². The Bertz CT molecular complexity index is 858. The molecule has 2 N–H and O–H groups in total. The summed E-state index contributed by atoms with van der Waals surface area (Å²) in [6, 6.07) is 2.45. The summed E-state index contributed by atoms with van der Waals surface area (Å²) in [6.07, 6.45) is 2.51. The lowest BCUT2D eigenvalue weighted by Crippen LogP contribution is -2.38. The standard InChI is InChI=1S/C15H22N2O6S2/c1-11-6-7-13(24(20,21)16-12(2)15(18)19)10-14(11)25(22,23)17-8-4-3-5-9-17/h6-7,10,12,16H,3-5,8-9H2,1-2H3,(H,18,19). The van der Waals surface area contributed by atoms with Crippen molar-refractivity contribution in [2.75, 3.05) is 13.1 Å². The fourth-order valence-corrected chi connectivity index (χ4v) is 5.69. The zero-order valence-electron chi connectivity index (χ0n) is 14.1. The molecule has 0 radical (unpaired) electrons. The largest absolute Gasteiger partial charge is 0.480 e. The predicted molar refractivity (Wildman–Crippen MR) is 91.2 cm³/mol. The minimum absolute atomic E-state index is 0.0692. The number of carboxylic acid groups (broad SMARTS) is 1. The van der Waals surface area contributed by atoms with Crippen LogP contribution in [0.1, 0.15) is 31.7 Å². The Morgan fingerprint density at radius 3 is 2.32 bits per heavy atom. The SMILES string of the molecule is Cc1ccc(S(=O)(=O)NC(C)C(=O)O)cc1S(=O)(=O)N1CCCCC1. The van der Waals surface area contributed by atoms with Gasteiger partial charge in [0.25, 0.3) is 0 Å². The van der Waals surface area contributed by atoms with Crippen molar-refractivity contribution in [3.8, 4) is 0 Å². The third kappa shape index (κ3) is 4.38. The quantitative estimate of drug-likeness (QED) is 0.745. The van der Waals surface area contributed by atoms with Gasteiger partial charge in [-0.05, 0) is 44.4 Å². The molecule has 0 amide bonds. The fraction of sp³-hybridized carbons (Fsp3) is 0.533. The highest BCUT2D eigenvalue weighted by Gasteiger charge is 2.29. The Hall–Kier alpha value is -1.49. The molecule has 2 rings (SSSR count). The van der Waals surface area contributed by atoms with Gasteiger partial charge in [-0.2, -0.15) is 9.03 Å². The van der Waals surface area contributed by atoms with Gasteiger partial charge in [-0.3, -0.25) is 4.79 Å². The molecule has 1 atom stereocenters. The molecule has 1 saturated heterocycles. The maximum atomic E-state index is 12.8. The average Bonchev–Trinajstić information content (AvgIpc) is 2.55. The Balaban J connectivity index is 2.42. The molecule has 1 aliphatic rings. The summed E-state index contributed by atoms with van der Waals surface area (Å²) in [4.78, 5) is 10.5. The number of benzene rings is 1. The lowest BCUT2D eigenvalue weighted by Gasteiger charge is -2.26. The number of aliphatic carboxylic acids is 1. The van der Waals surface area contributed by atoms with Gasteiger partial charge >= 0.3 is 5.97 Å². The molecule has 1 heterocycles. The molecule has 1 unspecified atom stereocenters. The lowest BCUT2D eigenvalue weighted by atomic mass is 10.2. The molecule has 10 heteroatoms. The van der Waals surface area contributed by atoms with Crippen LogP contribution in [0.2, 0.25) is 0 Å². The van der Waals surface area contributed by atoms with E-state index in [0.717, 1.165) is 25.3 Å². The molecule has 140 valence electrons. The number of nitrogens with one attached hydrogen (secondary N) is 1. The van der Waals surface area contributed by atoms with Crippen molar-refractivity contribution in [3.63, 3.8) is 0 Å². The predicted octanol–water partition coefficient (Wildman–Crippen LogP) is 0.921. The van der Waals surface area contributed by atoms with Gasteiger partial charge in [-0.1, -0.05) is 12.5 Å². The van der Waals surface area contributed by atoms with E-state index in [1.54, 1.807) is 6.92 Å². The summed E-state index contributed by atoms with van der Waals surface area (Å²) in [5.74, 6) is -1.32. The smallest absolute Gasteiger partial charge is 0.321 e. The average molecular weight is 390 g/mol. The van der Waals surface area contributed by atoms with Crippen LogP contribution < -0.4 is 4.72 Å². The minimum atomic E-state index is -4.15. The Morgan fingerprint density at radius 1 is 1.16 bits per heavy atom. The van der Waals surface area contributed by atoms with Crippen molar-refractivity contribution >= 4 is 26.0 Å². The second kappa shape index (κ2) is 7.40. The van der Waals surface area contributed by atoms with Crippen molar-refractivity contribution < 1.29 is 26.7 Å². The Kier molecular flexibility index (Phi) is 5.87. The van der Waals surface area contributed by atoms with Gasteiger partial charge in [0.05, 0.1) is 9.79 Å². The van der Waals surface area contributed by atoms with Crippen LogP contribution in [-0.4, -0.2) is 51.3 Å². The molecule has 1 aliphatic heterocycles. The van der Waals surface area contributed by atoms with E-state index >= 15 is 0 Å². The van der Waals surface area contributed by atoms with Gasteiger partial charge in [0.2, 0.25) is 20.0 Å². The van der Waals surface area contributed by atoms with Crippen molar-refractivity contribution in [3.05, 3.63) is 23.8 Å². The van der Waals surface area contributed by atoms with E-state index in [4.69, 9.17) is 5.11 Å². The number of nitrogens with zero attached hydrogens (tertiary/aromatic N) is 1. The number of rotatable bonds is 6. The van der Waals surface area contributed by atoms with Crippen LogP contribution in [0.15, 0.2) is 28.0 Å². The third-order valence-corrected chi connectivity index (χ3v) is 7.68. The van der Waals surface area contributed by atoms with Gasteiger partial charge in [0.15, 0.2) is 0 Å². The number of hydrogen-bond acceptors (Lipinski definition) is 5. The highest BCUT2D eigenvalue weighted by molar-refractivity contribution is 7.90. The number of piperidine rings is 1. The van der Waals surface area contributed by atoms with Crippen LogP contribution in [0.4, 0.5) is 0 Å². The summed E-state index contributed by atoms with van der Waals surface area (Å²) < 4.78 is 53.7. The molecule has 0 spiro atoms. The minimum Gasteiger partial charge on any atom is -0.480 e. The molecule has 25 heavy (non-hydrogen) atoms. The van der Waals surface area contributed by atoms with Crippen molar-refractivity contribution in [2.45, 2.75) is 48.9 Å². The second-order valence-electron chi connectivity index (χ2n) is 6.07. The normalized spacial score (nSPS) is 18.0. The molecule has 0 aliphatic carbocycles. The molecule has 0 saturated carbocycles. The van der Waals surface area contributed by atoms with Crippen molar-refractivity contribution in [1.82, 2.24) is 9.03 Å². The van der Waals surface area contributed by atoms with E-state index < -0.39 is 32.1 Å². The molecule has 0 bridgehead atoms. The molecule has 0 aromatic heterocycles. The summed E-state index contributed by atoms with van der Waals surface area (Å²) in [7, 11) is -7.94. The van der Waals surface area contributed by atoms with Crippen LogP contribution in [-0.2, 0) is 24.8 Å². The van der Waals surface area contributed by atoms with E-state index in [2.05, 4.69) is 0 Å². The Morgan fingerprint density at radius 2 is 1.76 bits per heavy atom. The topological polar surface area (TPSA) is 121 Å². The lowest BCUT2D eigenvalue weighted by molar-refractivity contribution is -0.138. The number of sulfonamides is 2. The van der Waals surface area contributed by atoms with Crippen LogP contribution in [0.5, 0.6) is 0 Å². The van der Waals surface area contributed by atoms with Gasteiger partial charge < -0.3 is 5.11 Å². The summed E-state index contributed by atoms with van der Waals surface area (Å²) >= 11 is 0. The monoisotopic (exact) mass is 390 g/mol. The number of carbonyl (C=O) groups is 1. The number of carboxylic acids is 1. The van der Waals surface area contributed by atoms with Gasteiger partial charge in [0.1, 0.15) is 6.04 Å². The summed E-state index contributed by atoms with van der Waals surface area (Å²) in [5.41, 5.74) is 0.441. The van der Waals surface area contributed by atoms with Gasteiger partial charge in [-0.15, -0.1) is 0 Å². The first kappa shape index (κ1) is 19.8. The molecule has 1 fully saturated rings. The molecule has 8 nitrogen and oxygen atoms in total. The molecule has 1 aromatic carbocycles. The van der Waals surface area contributed by atoms with Gasteiger partial charge in [0, 0.05) is 13.1 Å².